The molecule has 12 nitrogen and oxygen atoms in total. The molecule has 0 unspecified atom stereocenters. The Morgan fingerprint density at radius 2 is 1.70 bits per heavy atom. The summed E-state index contributed by atoms with van der Waals surface area (Å²) in [5.74, 6) is -4.14. The van der Waals surface area contributed by atoms with Crippen molar-refractivity contribution < 1.29 is 45.5 Å². The molecule has 0 saturated heterocycles. The van der Waals surface area contributed by atoms with Gasteiger partial charge in [0.05, 0.1) is 41.5 Å². The standard InChI is InChI=1S/C35H26F2N4O8S/c1-39(34(43)35(44)47-3)33(42)30-22-14-21(26(40(2)50(4,45)46)16-29(22)49-32(30)18-8-10-19(36)11-9-18)24-12-13-28-31(38-24)27-15-20-23(37)6-5-7-25(20)41(27)17-48-28/h5-16H,17H2,1-4H3. The van der Waals surface area contributed by atoms with E-state index in [4.69, 9.17) is 14.1 Å². The van der Waals surface area contributed by atoms with Crippen LogP contribution in [0.4, 0.5) is 14.5 Å². The number of nitrogens with zero attached hydrogens (tertiary/aromatic N) is 4. The summed E-state index contributed by atoms with van der Waals surface area (Å²) >= 11 is 0. The van der Waals surface area contributed by atoms with Crippen LogP contribution in [-0.4, -0.2) is 68.1 Å². The van der Waals surface area contributed by atoms with Gasteiger partial charge in [-0.25, -0.2) is 27.0 Å². The van der Waals surface area contributed by atoms with Crippen molar-refractivity contribution in [2.24, 2.45) is 0 Å². The van der Waals surface area contributed by atoms with Crippen molar-refractivity contribution in [1.82, 2.24) is 14.5 Å². The number of halogens is 2. The molecular formula is C35H26F2N4O8S. The Kier molecular flexibility index (Phi) is 7.66. The van der Waals surface area contributed by atoms with Crippen LogP contribution in [0.25, 0.3) is 55.8 Å². The molecule has 1 aliphatic rings. The van der Waals surface area contributed by atoms with E-state index in [0.717, 1.165) is 36.9 Å². The maximum Gasteiger partial charge on any atom is 0.397 e. The first-order valence-corrected chi connectivity index (χ1v) is 16.8. The van der Waals surface area contributed by atoms with Gasteiger partial charge in [0.15, 0.2) is 6.73 Å². The number of likely N-dealkylation sites (N-methyl/N-ethyl adjacent to an activating group) is 1. The number of hydrogen-bond acceptors (Lipinski definition) is 9. The van der Waals surface area contributed by atoms with Crippen LogP contribution in [0.2, 0.25) is 0 Å². The minimum Gasteiger partial charge on any atom is -0.470 e. The lowest BCUT2D eigenvalue weighted by atomic mass is 10.00. The zero-order chi connectivity index (χ0) is 35.6. The lowest BCUT2D eigenvalue weighted by Gasteiger charge is -2.23. The molecule has 2 amide bonds. The molecule has 0 atom stereocenters. The van der Waals surface area contributed by atoms with Crippen LogP contribution in [0.5, 0.6) is 5.75 Å². The number of carbonyl (C=O) groups is 3. The van der Waals surface area contributed by atoms with E-state index in [2.05, 4.69) is 4.74 Å². The van der Waals surface area contributed by atoms with Gasteiger partial charge in [-0.1, -0.05) is 6.07 Å². The second kappa shape index (κ2) is 11.8. The van der Waals surface area contributed by atoms with E-state index in [1.165, 1.54) is 37.4 Å². The van der Waals surface area contributed by atoms with E-state index in [1.54, 1.807) is 34.9 Å². The van der Waals surface area contributed by atoms with Crippen molar-refractivity contribution in [3.05, 3.63) is 90.0 Å². The van der Waals surface area contributed by atoms with Crippen LogP contribution in [0.15, 0.2) is 77.2 Å². The highest BCUT2D eigenvalue weighted by molar-refractivity contribution is 7.92. The minimum atomic E-state index is -3.88. The summed E-state index contributed by atoms with van der Waals surface area (Å²) in [7, 11) is -0.456. The van der Waals surface area contributed by atoms with E-state index in [1.807, 2.05) is 0 Å². The van der Waals surface area contributed by atoms with Crippen LogP contribution in [0.1, 0.15) is 10.4 Å². The van der Waals surface area contributed by atoms with Crippen molar-refractivity contribution >= 4 is 55.4 Å². The summed E-state index contributed by atoms with van der Waals surface area (Å²) in [6.07, 6.45) is 1.01. The fraction of sp³-hybridized carbons (Fsp3) is 0.143. The minimum absolute atomic E-state index is 0.0396. The summed E-state index contributed by atoms with van der Waals surface area (Å²) in [5, 5.41) is 0.497. The van der Waals surface area contributed by atoms with Crippen molar-refractivity contribution in [2.45, 2.75) is 6.73 Å². The summed E-state index contributed by atoms with van der Waals surface area (Å²) in [4.78, 5) is 44.2. The first kappa shape index (κ1) is 32.5. The lowest BCUT2D eigenvalue weighted by Crippen LogP contribution is -2.38. The van der Waals surface area contributed by atoms with Gasteiger partial charge in [-0.3, -0.25) is 18.8 Å². The van der Waals surface area contributed by atoms with Crippen molar-refractivity contribution in [1.29, 1.82) is 0 Å². The number of methoxy groups -OCH3 is 1. The van der Waals surface area contributed by atoms with Gasteiger partial charge in [0.1, 0.15) is 34.4 Å². The van der Waals surface area contributed by atoms with Gasteiger partial charge < -0.3 is 18.5 Å². The lowest BCUT2D eigenvalue weighted by molar-refractivity contribution is -0.156. The van der Waals surface area contributed by atoms with Crippen LogP contribution < -0.4 is 9.04 Å². The molecule has 0 saturated carbocycles. The van der Waals surface area contributed by atoms with Gasteiger partial charge in [0, 0.05) is 42.1 Å². The number of carbonyl (C=O) groups excluding carboxylic acids is 3. The molecule has 6 aromatic rings. The maximum absolute atomic E-state index is 14.8. The van der Waals surface area contributed by atoms with Crippen LogP contribution >= 0.6 is 0 Å². The number of anilines is 1. The Labute approximate surface area is 283 Å². The summed E-state index contributed by atoms with van der Waals surface area (Å²) in [6.45, 7) is 0.106. The number of esters is 1. The zero-order valence-corrected chi connectivity index (χ0v) is 27.7. The maximum atomic E-state index is 14.8. The smallest absolute Gasteiger partial charge is 0.397 e. The molecule has 254 valence electrons. The number of hydrogen-bond donors (Lipinski definition) is 0. The highest BCUT2D eigenvalue weighted by atomic mass is 32.2. The topological polar surface area (TPSA) is 141 Å². The van der Waals surface area contributed by atoms with Gasteiger partial charge >= 0.3 is 11.9 Å². The normalized spacial score (nSPS) is 12.3. The third-order valence-electron chi connectivity index (χ3n) is 8.55. The number of pyridine rings is 1. The second-order valence-electron chi connectivity index (χ2n) is 11.5. The van der Waals surface area contributed by atoms with Gasteiger partial charge in [-0.15, -0.1) is 0 Å². The fourth-order valence-electron chi connectivity index (χ4n) is 5.89. The predicted octanol–water partition coefficient (Wildman–Crippen LogP) is 5.58. The number of benzene rings is 3. The first-order valence-electron chi connectivity index (χ1n) is 14.9. The highest BCUT2D eigenvalue weighted by Gasteiger charge is 2.33. The quantitative estimate of drug-likeness (QED) is 0.167. The average Bonchev–Trinajstić information content (AvgIpc) is 3.68. The molecule has 1 aliphatic heterocycles. The molecule has 0 spiro atoms. The van der Waals surface area contributed by atoms with E-state index < -0.39 is 39.4 Å². The number of imide groups is 1. The van der Waals surface area contributed by atoms with Crippen molar-refractivity contribution in [3.63, 3.8) is 0 Å². The molecule has 0 aliphatic carbocycles. The number of ether oxygens (including phenoxy) is 2. The van der Waals surface area contributed by atoms with Crippen LogP contribution in [0.3, 0.4) is 0 Å². The molecule has 50 heavy (non-hydrogen) atoms. The monoisotopic (exact) mass is 700 g/mol. The van der Waals surface area contributed by atoms with E-state index in [0.29, 0.717) is 32.9 Å². The molecule has 0 fully saturated rings. The zero-order valence-electron chi connectivity index (χ0n) is 26.9. The van der Waals surface area contributed by atoms with E-state index in [-0.39, 0.29) is 51.5 Å². The largest absolute Gasteiger partial charge is 0.470 e. The van der Waals surface area contributed by atoms with Gasteiger partial charge in [0.2, 0.25) is 10.0 Å². The first-order chi connectivity index (χ1) is 23.8. The molecule has 0 radical (unpaired) electrons. The predicted molar refractivity (Wildman–Crippen MR) is 179 cm³/mol. The third kappa shape index (κ3) is 5.22. The van der Waals surface area contributed by atoms with Gasteiger partial charge in [-0.05, 0) is 60.7 Å². The van der Waals surface area contributed by atoms with Gasteiger partial charge in [-0.2, -0.15) is 0 Å². The molecule has 3 aromatic carbocycles. The summed E-state index contributed by atoms with van der Waals surface area (Å²) < 4.78 is 73.9. The number of sulfonamides is 1. The SMILES string of the molecule is COC(=O)C(=O)N(C)C(=O)c1c(-c2ccc(F)cc2)oc2cc(N(C)S(C)(=O)=O)c(-c3ccc4c(n3)-c3cc5c(F)cccc5n3CO4)cc12. The number of aromatic nitrogens is 2. The molecular weight excluding hydrogens is 674 g/mol. The molecule has 0 N–H and O–H groups in total. The van der Waals surface area contributed by atoms with Crippen LogP contribution in [-0.2, 0) is 31.1 Å². The molecule has 7 rings (SSSR count). The number of furan rings is 1. The van der Waals surface area contributed by atoms with Crippen molar-refractivity contribution in [3.8, 4) is 39.7 Å². The summed E-state index contributed by atoms with van der Waals surface area (Å²) in [6, 6.07) is 17.5. The Hall–Kier alpha value is -6.09. The summed E-state index contributed by atoms with van der Waals surface area (Å²) in [5.41, 5.74) is 2.25. The second-order valence-corrected chi connectivity index (χ2v) is 13.5. The highest BCUT2D eigenvalue weighted by Crippen LogP contribution is 2.44. The molecule has 15 heteroatoms. The molecule has 0 bridgehead atoms. The van der Waals surface area contributed by atoms with E-state index >= 15 is 0 Å². The third-order valence-corrected chi connectivity index (χ3v) is 9.74. The molecule has 3 aromatic heterocycles. The number of rotatable bonds is 5. The average molecular weight is 701 g/mol. The number of amides is 2. The van der Waals surface area contributed by atoms with E-state index in [9.17, 15) is 31.6 Å². The fourth-order valence-corrected chi connectivity index (χ4v) is 6.40. The van der Waals surface area contributed by atoms with Crippen LogP contribution in [0, 0.1) is 11.6 Å². The Balaban J connectivity index is 1.49. The molecule has 4 heterocycles. The Bertz CT molecular complexity index is 2530. The Morgan fingerprint density at radius 3 is 2.40 bits per heavy atom. The Morgan fingerprint density at radius 1 is 0.960 bits per heavy atom. The van der Waals surface area contributed by atoms with Crippen molar-refractivity contribution in [2.75, 3.05) is 31.8 Å². The van der Waals surface area contributed by atoms with Gasteiger partial charge in [0.25, 0.3) is 5.91 Å². The number of fused-ring (bicyclic) bond motifs is 6.